The molecule has 0 atom stereocenters. The van der Waals surface area contributed by atoms with Gasteiger partial charge >= 0.3 is 5.97 Å². The molecule has 16 heavy (non-hydrogen) atoms. The molecule has 1 N–H and O–H groups in total. The topological polar surface area (TPSA) is 50.2 Å². The van der Waals surface area contributed by atoms with Crippen molar-refractivity contribution < 1.29 is 9.90 Å². The summed E-state index contributed by atoms with van der Waals surface area (Å²) in [7, 11) is 0. The molecule has 0 amide bonds. The van der Waals surface area contributed by atoms with Gasteiger partial charge in [0.25, 0.3) is 0 Å². The zero-order chi connectivity index (χ0) is 11.5. The third kappa shape index (κ3) is 1.93. The monoisotopic (exact) mass is 213 g/mol. The van der Waals surface area contributed by atoms with Gasteiger partial charge in [0.05, 0.1) is 5.69 Å². The molecule has 2 aromatic rings. The molecule has 2 rings (SSSR count). The van der Waals surface area contributed by atoms with Crippen LogP contribution in [0.4, 0.5) is 0 Å². The second kappa shape index (κ2) is 4.14. The largest absolute Gasteiger partial charge is 0.477 e. The molecule has 1 aromatic heterocycles. The Morgan fingerprint density at radius 2 is 1.81 bits per heavy atom. The summed E-state index contributed by atoms with van der Waals surface area (Å²) in [6, 6.07) is 13.1. The summed E-state index contributed by atoms with van der Waals surface area (Å²) >= 11 is 0. The predicted octanol–water partition coefficient (Wildman–Crippen LogP) is 2.76. The average molecular weight is 213 g/mol. The molecule has 0 fully saturated rings. The van der Waals surface area contributed by atoms with Crippen LogP contribution in [0.15, 0.2) is 42.5 Å². The molecule has 80 valence electrons. The number of nitrogens with zero attached hydrogens (tertiary/aromatic N) is 1. The summed E-state index contributed by atoms with van der Waals surface area (Å²) in [4.78, 5) is 15.1. The van der Waals surface area contributed by atoms with E-state index in [2.05, 4.69) is 4.98 Å². The van der Waals surface area contributed by atoms with E-state index in [1.165, 1.54) is 0 Å². The van der Waals surface area contributed by atoms with Crippen molar-refractivity contribution in [3.8, 4) is 11.3 Å². The molecule has 0 aliphatic carbocycles. The minimum Gasteiger partial charge on any atom is -0.477 e. The Hall–Kier alpha value is -2.16. The van der Waals surface area contributed by atoms with Crippen molar-refractivity contribution >= 4 is 5.97 Å². The van der Waals surface area contributed by atoms with Crippen LogP contribution in [0.5, 0.6) is 0 Å². The van der Waals surface area contributed by atoms with Gasteiger partial charge in [-0.3, -0.25) is 0 Å². The molecular formula is C13H11NO2. The van der Waals surface area contributed by atoms with Gasteiger partial charge < -0.3 is 5.11 Å². The maximum Gasteiger partial charge on any atom is 0.354 e. The molecule has 3 heteroatoms. The average Bonchev–Trinajstić information content (AvgIpc) is 2.30. The molecule has 1 heterocycles. The molecule has 1 aromatic carbocycles. The van der Waals surface area contributed by atoms with Gasteiger partial charge in [-0.05, 0) is 18.6 Å². The second-order valence-corrected chi connectivity index (χ2v) is 3.53. The Labute approximate surface area is 93.4 Å². The first-order valence-electron chi connectivity index (χ1n) is 4.95. The highest BCUT2D eigenvalue weighted by Crippen LogP contribution is 2.18. The van der Waals surface area contributed by atoms with Gasteiger partial charge in [-0.2, -0.15) is 0 Å². The first kappa shape index (κ1) is 10.4. The number of hydrogen-bond acceptors (Lipinski definition) is 2. The van der Waals surface area contributed by atoms with Gasteiger partial charge in [-0.1, -0.05) is 36.4 Å². The molecule has 0 saturated carbocycles. The Balaban J connectivity index is 2.52. The molecule has 0 saturated heterocycles. The van der Waals surface area contributed by atoms with Crippen molar-refractivity contribution in [2.75, 3.05) is 0 Å². The van der Waals surface area contributed by atoms with Crippen molar-refractivity contribution in [3.05, 3.63) is 53.7 Å². The Morgan fingerprint density at radius 3 is 2.44 bits per heavy atom. The minimum absolute atomic E-state index is 0.112. The lowest BCUT2D eigenvalue weighted by molar-refractivity contribution is 0.0690. The van der Waals surface area contributed by atoms with Gasteiger partial charge in [-0.15, -0.1) is 0 Å². The standard InChI is InChI=1S/C13H11NO2/c1-9-7-8-11(14-12(9)13(15)16)10-5-3-2-4-6-10/h2-8H,1H3,(H,15,16). The maximum atomic E-state index is 10.9. The molecule has 0 radical (unpaired) electrons. The highest BCUT2D eigenvalue weighted by molar-refractivity contribution is 5.87. The third-order valence-electron chi connectivity index (χ3n) is 2.37. The van der Waals surface area contributed by atoms with Crippen LogP contribution in [0.2, 0.25) is 0 Å². The van der Waals surface area contributed by atoms with Crippen LogP contribution in [0.3, 0.4) is 0 Å². The van der Waals surface area contributed by atoms with Gasteiger partial charge in [0.15, 0.2) is 5.69 Å². The first-order chi connectivity index (χ1) is 7.68. The summed E-state index contributed by atoms with van der Waals surface area (Å²) in [5.74, 6) is -0.990. The Morgan fingerprint density at radius 1 is 1.12 bits per heavy atom. The molecular weight excluding hydrogens is 202 g/mol. The number of carboxylic acid groups (broad SMARTS) is 1. The zero-order valence-electron chi connectivity index (χ0n) is 8.84. The third-order valence-corrected chi connectivity index (χ3v) is 2.37. The lowest BCUT2D eigenvalue weighted by atomic mass is 10.1. The van der Waals surface area contributed by atoms with Crippen LogP contribution in [-0.2, 0) is 0 Å². The predicted molar refractivity (Wildman–Crippen MR) is 61.4 cm³/mol. The van der Waals surface area contributed by atoms with E-state index in [1.54, 1.807) is 13.0 Å². The number of carbonyl (C=O) groups is 1. The summed E-state index contributed by atoms with van der Waals surface area (Å²) < 4.78 is 0. The van der Waals surface area contributed by atoms with E-state index in [-0.39, 0.29) is 5.69 Å². The molecule has 0 spiro atoms. The summed E-state index contributed by atoms with van der Waals surface area (Å²) in [6.07, 6.45) is 0. The lowest BCUT2D eigenvalue weighted by Crippen LogP contribution is -2.04. The Bertz CT molecular complexity index is 521. The summed E-state index contributed by atoms with van der Waals surface area (Å²) in [6.45, 7) is 1.74. The van der Waals surface area contributed by atoms with E-state index in [0.29, 0.717) is 11.3 Å². The van der Waals surface area contributed by atoms with E-state index >= 15 is 0 Å². The number of hydrogen-bond donors (Lipinski definition) is 1. The first-order valence-corrected chi connectivity index (χ1v) is 4.95. The normalized spacial score (nSPS) is 10.1. The number of rotatable bonds is 2. The molecule has 0 bridgehead atoms. The number of pyridine rings is 1. The highest BCUT2D eigenvalue weighted by atomic mass is 16.4. The van der Waals surface area contributed by atoms with E-state index in [1.807, 2.05) is 36.4 Å². The zero-order valence-corrected chi connectivity index (χ0v) is 8.84. The quantitative estimate of drug-likeness (QED) is 0.834. The van der Waals surface area contributed by atoms with Crippen molar-refractivity contribution in [2.45, 2.75) is 6.92 Å². The van der Waals surface area contributed by atoms with E-state index in [9.17, 15) is 4.79 Å². The van der Waals surface area contributed by atoms with Crippen LogP contribution in [-0.4, -0.2) is 16.1 Å². The second-order valence-electron chi connectivity index (χ2n) is 3.53. The van der Waals surface area contributed by atoms with Crippen LogP contribution in [0, 0.1) is 6.92 Å². The van der Waals surface area contributed by atoms with Crippen molar-refractivity contribution in [1.82, 2.24) is 4.98 Å². The lowest BCUT2D eigenvalue weighted by Gasteiger charge is -2.04. The number of benzene rings is 1. The van der Waals surface area contributed by atoms with Crippen LogP contribution >= 0.6 is 0 Å². The fourth-order valence-electron chi connectivity index (χ4n) is 1.51. The highest BCUT2D eigenvalue weighted by Gasteiger charge is 2.10. The van der Waals surface area contributed by atoms with Crippen molar-refractivity contribution in [3.63, 3.8) is 0 Å². The smallest absolute Gasteiger partial charge is 0.354 e. The fraction of sp³-hybridized carbons (Fsp3) is 0.0769. The SMILES string of the molecule is Cc1ccc(-c2ccccc2)nc1C(=O)O. The van der Waals surface area contributed by atoms with E-state index in [0.717, 1.165) is 5.56 Å². The van der Waals surface area contributed by atoms with Gasteiger partial charge in [0.2, 0.25) is 0 Å². The van der Waals surface area contributed by atoms with Crippen molar-refractivity contribution in [1.29, 1.82) is 0 Å². The van der Waals surface area contributed by atoms with Gasteiger partial charge in [0, 0.05) is 5.56 Å². The molecule has 0 aliphatic heterocycles. The molecule has 0 unspecified atom stereocenters. The Kier molecular flexibility index (Phi) is 2.68. The van der Waals surface area contributed by atoms with Crippen LogP contribution < -0.4 is 0 Å². The molecule has 3 nitrogen and oxygen atoms in total. The van der Waals surface area contributed by atoms with Crippen molar-refractivity contribution in [2.24, 2.45) is 0 Å². The number of aryl methyl sites for hydroxylation is 1. The number of aromatic carboxylic acids is 1. The van der Waals surface area contributed by atoms with Gasteiger partial charge in [-0.25, -0.2) is 9.78 Å². The van der Waals surface area contributed by atoms with Crippen LogP contribution in [0.25, 0.3) is 11.3 Å². The molecule has 0 aliphatic rings. The van der Waals surface area contributed by atoms with Crippen LogP contribution in [0.1, 0.15) is 16.1 Å². The number of aromatic nitrogens is 1. The minimum atomic E-state index is -0.990. The van der Waals surface area contributed by atoms with E-state index in [4.69, 9.17) is 5.11 Å². The summed E-state index contributed by atoms with van der Waals surface area (Å²) in [5.41, 5.74) is 2.39. The number of carboxylic acids is 1. The van der Waals surface area contributed by atoms with Gasteiger partial charge in [0.1, 0.15) is 0 Å². The maximum absolute atomic E-state index is 10.9. The van der Waals surface area contributed by atoms with E-state index < -0.39 is 5.97 Å². The summed E-state index contributed by atoms with van der Waals surface area (Å²) in [5, 5.41) is 8.97. The fourth-order valence-corrected chi connectivity index (χ4v) is 1.51.